The third-order valence-corrected chi connectivity index (χ3v) is 6.31. The Morgan fingerprint density at radius 2 is 1.96 bits per heavy atom. The fourth-order valence-corrected chi connectivity index (χ4v) is 4.79. The number of nitrogens with zero attached hydrogens (tertiary/aromatic N) is 1. The first-order valence-corrected chi connectivity index (χ1v) is 9.33. The molecule has 0 radical (unpaired) electrons. The van der Waals surface area contributed by atoms with Crippen LogP contribution in [0.1, 0.15) is 35.2 Å². The van der Waals surface area contributed by atoms with Gasteiger partial charge in [0.25, 0.3) is 10.0 Å². The summed E-state index contributed by atoms with van der Waals surface area (Å²) in [6.45, 7) is 2.40. The van der Waals surface area contributed by atoms with Crippen LogP contribution < -0.4 is 9.04 Å². The van der Waals surface area contributed by atoms with E-state index in [4.69, 9.17) is 4.74 Å². The molecule has 0 fully saturated rings. The van der Waals surface area contributed by atoms with Crippen molar-refractivity contribution in [2.24, 2.45) is 0 Å². The summed E-state index contributed by atoms with van der Waals surface area (Å²) in [4.78, 5) is 11.1. The van der Waals surface area contributed by atoms with Crippen molar-refractivity contribution in [3.05, 3.63) is 53.6 Å². The van der Waals surface area contributed by atoms with Gasteiger partial charge in [0, 0.05) is 6.54 Å². The number of aromatic carboxylic acids is 1. The topological polar surface area (TPSA) is 83.9 Å². The SMILES string of the molecule is COc1ccc(C(=O)O)cc1S(=O)(=O)N1CC[C@H](C)c2ccccc21. The second-order valence-corrected chi connectivity index (χ2v) is 7.83. The number of hydrogen-bond acceptors (Lipinski definition) is 4. The fraction of sp³-hybridized carbons (Fsp3) is 0.278. The van der Waals surface area contributed by atoms with Gasteiger partial charge in [-0.2, -0.15) is 0 Å². The number of carbonyl (C=O) groups is 1. The predicted molar refractivity (Wildman–Crippen MR) is 94.0 cm³/mol. The number of benzene rings is 2. The minimum absolute atomic E-state index is 0.0990. The molecule has 1 aliphatic heterocycles. The number of para-hydroxylation sites is 1. The maximum atomic E-state index is 13.3. The van der Waals surface area contributed by atoms with E-state index in [-0.39, 0.29) is 22.1 Å². The Kier molecular flexibility index (Phi) is 4.43. The molecule has 0 bridgehead atoms. The zero-order valence-electron chi connectivity index (χ0n) is 14.0. The minimum Gasteiger partial charge on any atom is -0.495 e. The highest BCUT2D eigenvalue weighted by atomic mass is 32.2. The molecule has 0 aliphatic carbocycles. The van der Waals surface area contributed by atoms with Crippen molar-refractivity contribution in [1.29, 1.82) is 0 Å². The van der Waals surface area contributed by atoms with Crippen molar-refractivity contribution >= 4 is 21.7 Å². The van der Waals surface area contributed by atoms with Crippen molar-refractivity contribution in [1.82, 2.24) is 0 Å². The van der Waals surface area contributed by atoms with Crippen LogP contribution >= 0.6 is 0 Å². The van der Waals surface area contributed by atoms with E-state index in [1.54, 1.807) is 12.1 Å². The van der Waals surface area contributed by atoms with Gasteiger partial charge in [0.2, 0.25) is 0 Å². The summed E-state index contributed by atoms with van der Waals surface area (Å²) in [5, 5.41) is 9.19. The van der Waals surface area contributed by atoms with Crippen LogP contribution in [0.5, 0.6) is 5.75 Å². The average Bonchev–Trinajstić information content (AvgIpc) is 2.61. The monoisotopic (exact) mass is 361 g/mol. The molecule has 1 atom stereocenters. The van der Waals surface area contributed by atoms with Gasteiger partial charge in [-0.3, -0.25) is 4.31 Å². The average molecular weight is 361 g/mol. The zero-order valence-corrected chi connectivity index (χ0v) is 14.8. The number of rotatable bonds is 4. The molecule has 132 valence electrons. The number of anilines is 1. The van der Waals surface area contributed by atoms with Crippen molar-refractivity contribution < 1.29 is 23.1 Å². The summed E-state index contributed by atoms with van der Waals surface area (Å²) < 4.78 is 33.0. The molecule has 0 unspecified atom stereocenters. The summed E-state index contributed by atoms with van der Waals surface area (Å²) in [5.74, 6) is -0.803. The molecule has 2 aromatic rings. The van der Waals surface area contributed by atoms with Crippen LogP contribution in [0.4, 0.5) is 5.69 Å². The Labute approximate surface area is 146 Å². The van der Waals surface area contributed by atoms with Gasteiger partial charge < -0.3 is 9.84 Å². The van der Waals surface area contributed by atoms with Crippen molar-refractivity contribution in [2.45, 2.75) is 24.2 Å². The van der Waals surface area contributed by atoms with Crippen LogP contribution in [0.25, 0.3) is 0 Å². The summed E-state index contributed by atoms with van der Waals surface area (Å²) in [7, 11) is -2.59. The lowest BCUT2D eigenvalue weighted by atomic mass is 9.93. The first kappa shape index (κ1) is 17.3. The summed E-state index contributed by atoms with van der Waals surface area (Å²) >= 11 is 0. The van der Waals surface area contributed by atoms with Gasteiger partial charge in [-0.15, -0.1) is 0 Å². The summed E-state index contributed by atoms with van der Waals surface area (Å²) in [6.07, 6.45) is 0.692. The number of carboxylic acids is 1. The largest absolute Gasteiger partial charge is 0.495 e. The Bertz CT molecular complexity index is 923. The van der Waals surface area contributed by atoms with E-state index in [0.717, 1.165) is 11.6 Å². The predicted octanol–water partition coefficient (Wildman–Crippen LogP) is 3.10. The molecule has 1 heterocycles. The molecule has 2 aromatic carbocycles. The highest BCUT2D eigenvalue weighted by Crippen LogP contribution is 2.39. The van der Waals surface area contributed by atoms with Crippen LogP contribution in [0, 0.1) is 0 Å². The van der Waals surface area contributed by atoms with Gasteiger partial charge in [-0.05, 0) is 42.2 Å². The highest BCUT2D eigenvalue weighted by molar-refractivity contribution is 7.93. The lowest BCUT2D eigenvalue weighted by Gasteiger charge is -2.33. The number of fused-ring (bicyclic) bond motifs is 1. The Morgan fingerprint density at radius 1 is 1.24 bits per heavy atom. The molecule has 3 rings (SSSR count). The van der Waals surface area contributed by atoms with Gasteiger partial charge in [0.05, 0.1) is 18.4 Å². The van der Waals surface area contributed by atoms with Crippen LogP contribution in [0.3, 0.4) is 0 Å². The smallest absolute Gasteiger partial charge is 0.335 e. The minimum atomic E-state index is -3.95. The molecule has 6 nitrogen and oxygen atoms in total. The number of sulfonamides is 1. The zero-order chi connectivity index (χ0) is 18.2. The Morgan fingerprint density at radius 3 is 2.64 bits per heavy atom. The fourth-order valence-electron chi connectivity index (χ4n) is 3.10. The molecule has 1 aliphatic rings. The Hall–Kier alpha value is -2.54. The maximum Gasteiger partial charge on any atom is 0.335 e. The third kappa shape index (κ3) is 2.95. The van der Waals surface area contributed by atoms with E-state index >= 15 is 0 Å². The van der Waals surface area contributed by atoms with Gasteiger partial charge in [-0.1, -0.05) is 25.1 Å². The lowest BCUT2D eigenvalue weighted by molar-refractivity contribution is 0.0696. The van der Waals surface area contributed by atoms with E-state index in [1.807, 2.05) is 12.1 Å². The van der Waals surface area contributed by atoms with Crippen molar-refractivity contribution in [3.63, 3.8) is 0 Å². The van der Waals surface area contributed by atoms with Gasteiger partial charge >= 0.3 is 5.97 Å². The molecule has 0 saturated carbocycles. The second kappa shape index (κ2) is 6.40. The van der Waals surface area contributed by atoms with E-state index in [9.17, 15) is 18.3 Å². The third-order valence-electron chi connectivity index (χ3n) is 4.48. The van der Waals surface area contributed by atoms with Crippen molar-refractivity contribution in [3.8, 4) is 5.75 Å². The van der Waals surface area contributed by atoms with Gasteiger partial charge in [-0.25, -0.2) is 13.2 Å². The van der Waals surface area contributed by atoms with Crippen LogP contribution in [-0.4, -0.2) is 33.1 Å². The number of hydrogen-bond donors (Lipinski definition) is 1. The molecule has 7 heteroatoms. The summed E-state index contributed by atoms with van der Waals surface area (Å²) in [6, 6.07) is 11.2. The molecule has 0 amide bonds. The van der Waals surface area contributed by atoms with Gasteiger partial charge in [0.15, 0.2) is 0 Å². The number of ether oxygens (including phenoxy) is 1. The van der Waals surface area contributed by atoms with E-state index < -0.39 is 16.0 Å². The van der Waals surface area contributed by atoms with Crippen LogP contribution in [-0.2, 0) is 10.0 Å². The summed E-state index contributed by atoms with van der Waals surface area (Å²) in [5.41, 5.74) is 1.49. The van der Waals surface area contributed by atoms with E-state index in [1.165, 1.54) is 23.5 Å². The Balaban J connectivity index is 2.16. The van der Waals surface area contributed by atoms with Crippen molar-refractivity contribution in [2.75, 3.05) is 18.0 Å². The van der Waals surface area contributed by atoms with E-state index in [0.29, 0.717) is 18.7 Å². The van der Waals surface area contributed by atoms with Crippen LogP contribution in [0.2, 0.25) is 0 Å². The first-order chi connectivity index (χ1) is 11.9. The first-order valence-electron chi connectivity index (χ1n) is 7.89. The molecule has 0 saturated heterocycles. The molecular formula is C18H19NO5S. The maximum absolute atomic E-state index is 13.3. The lowest BCUT2D eigenvalue weighted by Crippen LogP contribution is -2.36. The van der Waals surface area contributed by atoms with E-state index in [2.05, 4.69) is 6.92 Å². The molecule has 0 spiro atoms. The molecule has 0 aromatic heterocycles. The molecule has 1 N–H and O–H groups in total. The quantitative estimate of drug-likeness (QED) is 0.905. The van der Waals surface area contributed by atoms with Gasteiger partial charge in [0.1, 0.15) is 10.6 Å². The molecule has 25 heavy (non-hydrogen) atoms. The number of carboxylic acid groups (broad SMARTS) is 1. The second-order valence-electron chi connectivity index (χ2n) is 6.00. The normalized spacial score (nSPS) is 17.0. The van der Waals surface area contributed by atoms with Crippen LogP contribution in [0.15, 0.2) is 47.4 Å². The number of methoxy groups -OCH3 is 1. The highest BCUT2D eigenvalue weighted by Gasteiger charge is 2.33. The molecular weight excluding hydrogens is 342 g/mol. The standard InChI is InChI=1S/C18H19NO5S/c1-12-9-10-19(15-6-4-3-5-14(12)15)25(22,23)17-11-13(18(20)21)7-8-16(17)24-2/h3-8,11-12H,9-10H2,1-2H3,(H,20,21)/t12-/m0/s1.